The van der Waals surface area contributed by atoms with Gasteiger partial charge in [-0.3, -0.25) is 15.1 Å². The number of urea groups is 1. The van der Waals surface area contributed by atoms with Crippen molar-refractivity contribution in [2.75, 3.05) is 5.32 Å². The summed E-state index contributed by atoms with van der Waals surface area (Å²) in [6.07, 6.45) is 2.55. The van der Waals surface area contributed by atoms with Crippen molar-refractivity contribution in [3.05, 3.63) is 58.3 Å². The van der Waals surface area contributed by atoms with Crippen molar-refractivity contribution < 1.29 is 9.59 Å². The quantitative estimate of drug-likeness (QED) is 0.893. The molecular weight excluding hydrogens is 301 g/mol. The Morgan fingerprint density at radius 2 is 1.60 bits per heavy atom. The van der Waals surface area contributed by atoms with Crippen LogP contribution in [0, 0.1) is 0 Å². The number of amides is 3. The third kappa shape index (κ3) is 3.46. The molecular formula is C13H9Cl2N3O2. The van der Waals surface area contributed by atoms with Gasteiger partial charge in [0.25, 0.3) is 5.91 Å². The molecule has 0 saturated carbocycles. The summed E-state index contributed by atoms with van der Waals surface area (Å²) in [5.41, 5.74) is 0.566. The predicted molar refractivity (Wildman–Crippen MR) is 77.2 cm³/mol. The average Bonchev–Trinajstić information content (AvgIpc) is 2.39. The van der Waals surface area contributed by atoms with E-state index in [1.165, 1.54) is 12.4 Å². The molecule has 3 amide bonds. The van der Waals surface area contributed by atoms with Gasteiger partial charge < -0.3 is 5.32 Å². The molecule has 0 atom stereocenters. The summed E-state index contributed by atoms with van der Waals surface area (Å²) in [5.74, 6) is -0.698. The smallest absolute Gasteiger partial charge is 0.308 e. The van der Waals surface area contributed by atoms with Gasteiger partial charge in [0.05, 0.1) is 15.6 Å². The van der Waals surface area contributed by atoms with E-state index >= 15 is 0 Å². The number of halogens is 2. The van der Waals surface area contributed by atoms with Crippen molar-refractivity contribution >= 4 is 40.8 Å². The number of imide groups is 1. The Morgan fingerprint density at radius 3 is 2.20 bits per heavy atom. The van der Waals surface area contributed by atoms with E-state index in [-0.39, 0.29) is 15.6 Å². The van der Waals surface area contributed by atoms with Crippen LogP contribution in [0.3, 0.4) is 0 Å². The van der Waals surface area contributed by atoms with Crippen LogP contribution in [0.15, 0.2) is 42.7 Å². The zero-order valence-corrected chi connectivity index (χ0v) is 11.6. The number of hydrogen-bond acceptors (Lipinski definition) is 3. The van der Waals surface area contributed by atoms with E-state index in [2.05, 4.69) is 15.6 Å². The van der Waals surface area contributed by atoms with Crippen LogP contribution in [0.5, 0.6) is 0 Å². The summed E-state index contributed by atoms with van der Waals surface area (Å²) in [6.45, 7) is 0. The molecule has 0 fully saturated rings. The molecule has 102 valence electrons. The molecule has 0 bridgehead atoms. The average molecular weight is 310 g/mol. The van der Waals surface area contributed by atoms with E-state index in [1.54, 1.807) is 24.3 Å². The molecule has 5 nitrogen and oxygen atoms in total. The lowest BCUT2D eigenvalue weighted by Gasteiger charge is -2.08. The summed E-state index contributed by atoms with van der Waals surface area (Å²) in [6, 6.07) is 8.03. The number of hydrogen-bond donors (Lipinski definition) is 2. The van der Waals surface area contributed by atoms with Crippen molar-refractivity contribution in [3.8, 4) is 0 Å². The minimum Gasteiger partial charge on any atom is -0.308 e. The molecule has 1 aromatic carbocycles. The monoisotopic (exact) mass is 309 g/mol. The Hall–Kier alpha value is -2.11. The number of anilines is 1. The largest absolute Gasteiger partial charge is 0.326 e. The highest BCUT2D eigenvalue weighted by atomic mass is 35.5. The maximum absolute atomic E-state index is 11.9. The van der Waals surface area contributed by atoms with Gasteiger partial charge in [0.1, 0.15) is 0 Å². The lowest BCUT2D eigenvalue weighted by atomic mass is 10.2. The van der Waals surface area contributed by atoms with Crippen LogP contribution in [-0.4, -0.2) is 16.9 Å². The first-order valence-electron chi connectivity index (χ1n) is 5.54. The molecule has 2 aromatic rings. The van der Waals surface area contributed by atoms with Crippen LogP contribution in [0.2, 0.25) is 10.0 Å². The maximum Gasteiger partial charge on any atom is 0.326 e. The van der Waals surface area contributed by atoms with Gasteiger partial charge in [-0.2, -0.15) is 0 Å². The lowest BCUT2D eigenvalue weighted by Crippen LogP contribution is -2.34. The number of pyridine rings is 1. The fraction of sp³-hybridized carbons (Fsp3) is 0. The number of nitrogens with zero attached hydrogens (tertiary/aromatic N) is 1. The van der Waals surface area contributed by atoms with Crippen molar-refractivity contribution in [2.45, 2.75) is 0 Å². The van der Waals surface area contributed by atoms with Gasteiger partial charge in [0.15, 0.2) is 0 Å². The molecule has 0 radical (unpaired) electrons. The van der Waals surface area contributed by atoms with E-state index in [9.17, 15) is 9.59 Å². The minimum absolute atomic E-state index is 0.00606. The molecule has 0 unspecified atom stereocenters. The molecule has 2 N–H and O–H groups in total. The van der Waals surface area contributed by atoms with Gasteiger partial charge in [-0.15, -0.1) is 0 Å². The number of aromatic nitrogens is 1. The summed E-state index contributed by atoms with van der Waals surface area (Å²) in [5, 5.41) is 4.79. The Morgan fingerprint density at radius 1 is 1.00 bits per heavy atom. The number of para-hydroxylation sites is 1. The Bertz CT molecular complexity index is 627. The molecule has 20 heavy (non-hydrogen) atoms. The third-order valence-corrected chi connectivity index (χ3v) is 2.91. The van der Waals surface area contributed by atoms with Gasteiger partial charge in [0, 0.05) is 18.1 Å². The van der Waals surface area contributed by atoms with Crippen LogP contribution in [0.4, 0.5) is 10.5 Å². The summed E-state index contributed by atoms with van der Waals surface area (Å²) in [7, 11) is 0. The van der Waals surface area contributed by atoms with Gasteiger partial charge in [0.2, 0.25) is 0 Å². The van der Waals surface area contributed by atoms with Crippen LogP contribution in [0.25, 0.3) is 0 Å². The molecule has 1 aromatic heterocycles. The van der Waals surface area contributed by atoms with E-state index in [1.807, 2.05) is 6.07 Å². The summed E-state index contributed by atoms with van der Waals surface area (Å²) >= 11 is 11.7. The second kappa shape index (κ2) is 6.36. The van der Waals surface area contributed by atoms with E-state index < -0.39 is 11.9 Å². The van der Waals surface area contributed by atoms with Crippen LogP contribution >= 0.6 is 23.2 Å². The highest BCUT2D eigenvalue weighted by molar-refractivity contribution is 6.39. The molecule has 7 heteroatoms. The fourth-order valence-corrected chi connectivity index (χ4v) is 2.01. The van der Waals surface area contributed by atoms with Crippen LogP contribution in [-0.2, 0) is 0 Å². The first-order valence-corrected chi connectivity index (χ1v) is 6.30. The fourth-order valence-electron chi connectivity index (χ4n) is 1.48. The first-order chi connectivity index (χ1) is 9.58. The second-order valence-electron chi connectivity index (χ2n) is 3.75. The number of nitrogens with one attached hydrogen (secondary N) is 2. The molecule has 2 rings (SSSR count). The van der Waals surface area contributed by atoms with Crippen molar-refractivity contribution in [1.82, 2.24) is 10.3 Å². The van der Waals surface area contributed by atoms with E-state index in [0.717, 1.165) is 0 Å². The second-order valence-corrected chi connectivity index (χ2v) is 4.57. The number of benzene rings is 1. The number of rotatable bonds is 2. The molecule has 0 saturated heterocycles. The normalized spacial score (nSPS) is 9.90. The van der Waals surface area contributed by atoms with E-state index in [0.29, 0.717) is 5.69 Å². The number of carbonyl (C=O) groups is 2. The molecule has 0 aliphatic heterocycles. The van der Waals surface area contributed by atoms with Crippen LogP contribution in [0.1, 0.15) is 10.4 Å². The number of carbonyl (C=O) groups excluding carboxylic acids is 2. The molecule has 0 spiro atoms. The molecule has 0 aliphatic carbocycles. The zero-order chi connectivity index (χ0) is 14.5. The van der Waals surface area contributed by atoms with Gasteiger partial charge >= 0.3 is 6.03 Å². The molecule has 1 heterocycles. The minimum atomic E-state index is -0.698. The first kappa shape index (κ1) is 14.3. The third-order valence-electron chi connectivity index (χ3n) is 2.34. The SMILES string of the molecule is O=C(NC(=O)c1c(Cl)cncc1Cl)Nc1ccccc1. The Labute approximate surface area is 124 Å². The van der Waals surface area contributed by atoms with Crippen molar-refractivity contribution in [2.24, 2.45) is 0 Å². The predicted octanol–water partition coefficient (Wildman–Crippen LogP) is 3.35. The van der Waals surface area contributed by atoms with Gasteiger partial charge in [-0.25, -0.2) is 4.79 Å². The summed E-state index contributed by atoms with van der Waals surface area (Å²) in [4.78, 5) is 27.3. The topological polar surface area (TPSA) is 71.1 Å². The molecule has 0 aliphatic rings. The zero-order valence-electron chi connectivity index (χ0n) is 10.1. The van der Waals surface area contributed by atoms with Crippen molar-refractivity contribution in [3.63, 3.8) is 0 Å². The highest BCUT2D eigenvalue weighted by Gasteiger charge is 2.17. The van der Waals surface area contributed by atoms with Gasteiger partial charge in [-0.1, -0.05) is 41.4 Å². The van der Waals surface area contributed by atoms with Crippen LogP contribution < -0.4 is 10.6 Å². The van der Waals surface area contributed by atoms with Gasteiger partial charge in [-0.05, 0) is 12.1 Å². The van der Waals surface area contributed by atoms with Crippen molar-refractivity contribution in [1.29, 1.82) is 0 Å². The highest BCUT2D eigenvalue weighted by Crippen LogP contribution is 2.22. The standard InChI is InChI=1S/C13H9Cl2N3O2/c14-9-6-16-7-10(15)11(9)12(19)18-13(20)17-8-4-2-1-3-5-8/h1-7H,(H2,17,18,19,20). The maximum atomic E-state index is 11.9. The summed E-state index contributed by atoms with van der Waals surface area (Å²) < 4.78 is 0. The van der Waals surface area contributed by atoms with E-state index in [4.69, 9.17) is 23.2 Å². The Balaban J connectivity index is 2.07. The Kier molecular flexibility index (Phi) is 4.55. The lowest BCUT2D eigenvalue weighted by molar-refractivity contribution is 0.0967.